The molecular weight excluding hydrogens is 426 g/mol. The monoisotopic (exact) mass is 455 g/mol. The SMILES string of the molecule is COc1ccc(NC(=O)CC(CN2CCN(Cc3ccc4c(c3)OCO4)CC2)C(=O)O)cc1. The van der Waals surface area contributed by atoms with Crippen LogP contribution >= 0.6 is 0 Å². The molecule has 2 N–H and O–H groups in total. The fourth-order valence-electron chi connectivity index (χ4n) is 4.08. The van der Waals surface area contributed by atoms with Crippen LogP contribution in [0.15, 0.2) is 42.5 Å². The molecule has 2 aliphatic heterocycles. The van der Waals surface area contributed by atoms with Gasteiger partial charge in [-0.1, -0.05) is 6.07 Å². The first-order valence-electron chi connectivity index (χ1n) is 11.0. The van der Waals surface area contributed by atoms with Gasteiger partial charge < -0.3 is 24.6 Å². The number of carbonyl (C=O) groups excluding carboxylic acids is 1. The van der Waals surface area contributed by atoms with Gasteiger partial charge in [-0.2, -0.15) is 0 Å². The molecule has 2 aliphatic rings. The minimum absolute atomic E-state index is 0.0707. The van der Waals surface area contributed by atoms with E-state index in [4.69, 9.17) is 14.2 Å². The van der Waals surface area contributed by atoms with Crippen molar-refractivity contribution in [1.82, 2.24) is 9.80 Å². The number of methoxy groups -OCH3 is 1. The van der Waals surface area contributed by atoms with Gasteiger partial charge in [-0.25, -0.2) is 0 Å². The topological polar surface area (TPSA) is 101 Å². The molecule has 1 fully saturated rings. The van der Waals surface area contributed by atoms with E-state index >= 15 is 0 Å². The lowest BCUT2D eigenvalue weighted by Gasteiger charge is -2.35. The van der Waals surface area contributed by atoms with Gasteiger partial charge >= 0.3 is 5.97 Å². The van der Waals surface area contributed by atoms with Crippen molar-refractivity contribution < 1.29 is 28.9 Å². The summed E-state index contributed by atoms with van der Waals surface area (Å²) in [7, 11) is 1.57. The molecule has 1 amide bonds. The number of benzene rings is 2. The van der Waals surface area contributed by atoms with E-state index in [0.29, 0.717) is 18.0 Å². The predicted molar refractivity (Wildman–Crippen MR) is 122 cm³/mol. The maximum Gasteiger partial charge on any atom is 0.308 e. The molecule has 9 heteroatoms. The number of nitrogens with zero attached hydrogens (tertiary/aromatic N) is 2. The Kier molecular flexibility index (Phi) is 7.31. The predicted octanol–water partition coefficient (Wildman–Crippen LogP) is 2.27. The highest BCUT2D eigenvalue weighted by Crippen LogP contribution is 2.32. The Hall–Kier alpha value is -3.30. The van der Waals surface area contributed by atoms with Gasteiger partial charge in [0.15, 0.2) is 11.5 Å². The number of carboxylic acid groups (broad SMARTS) is 1. The van der Waals surface area contributed by atoms with Crippen LogP contribution in [0.3, 0.4) is 0 Å². The van der Waals surface area contributed by atoms with Gasteiger partial charge in [-0.05, 0) is 42.0 Å². The fraction of sp³-hybridized carbons (Fsp3) is 0.417. The van der Waals surface area contributed by atoms with Crippen molar-refractivity contribution in [2.45, 2.75) is 13.0 Å². The minimum atomic E-state index is -0.956. The van der Waals surface area contributed by atoms with E-state index in [0.717, 1.165) is 49.8 Å². The summed E-state index contributed by atoms with van der Waals surface area (Å²) in [5.41, 5.74) is 1.77. The van der Waals surface area contributed by atoms with Crippen LogP contribution < -0.4 is 19.5 Å². The molecule has 0 bridgehead atoms. The lowest BCUT2D eigenvalue weighted by Crippen LogP contribution is -2.48. The van der Waals surface area contributed by atoms with E-state index in [9.17, 15) is 14.7 Å². The highest BCUT2D eigenvalue weighted by atomic mass is 16.7. The highest BCUT2D eigenvalue weighted by molar-refractivity contribution is 5.93. The van der Waals surface area contributed by atoms with Gasteiger partial charge in [0, 0.05) is 51.4 Å². The maximum atomic E-state index is 12.4. The molecule has 0 aromatic heterocycles. The summed E-state index contributed by atoms with van der Waals surface area (Å²) in [6.45, 7) is 4.60. The second-order valence-electron chi connectivity index (χ2n) is 8.28. The summed E-state index contributed by atoms with van der Waals surface area (Å²) in [6.07, 6.45) is -0.0707. The Labute approximate surface area is 192 Å². The van der Waals surface area contributed by atoms with E-state index in [1.54, 1.807) is 31.4 Å². The van der Waals surface area contributed by atoms with Crippen LogP contribution in [0.4, 0.5) is 5.69 Å². The molecule has 176 valence electrons. The Balaban J connectivity index is 1.24. The lowest BCUT2D eigenvalue weighted by atomic mass is 10.0. The number of anilines is 1. The van der Waals surface area contributed by atoms with Crippen molar-refractivity contribution in [2.24, 2.45) is 5.92 Å². The smallest absolute Gasteiger partial charge is 0.308 e. The van der Waals surface area contributed by atoms with E-state index < -0.39 is 11.9 Å². The zero-order chi connectivity index (χ0) is 23.2. The summed E-state index contributed by atoms with van der Waals surface area (Å²) in [5, 5.41) is 12.4. The molecule has 1 unspecified atom stereocenters. The largest absolute Gasteiger partial charge is 0.497 e. The molecule has 0 aliphatic carbocycles. The molecular formula is C24H29N3O6. The first-order valence-corrected chi connectivity index (χ1v) is 11.0. The van der Waals surface area contributed by atoms with Crippen LogP contribution in [0.2, 0.25) is 0 Å². The van der Waals surface area contributed by atoms with E-state index in [2.05, 4.69) is 15.1 Å². The molecule has 0 saturated carbocycles. The van der Waals surface area contributed by atoms with Gasteiger partial charge in [-0.15, -0.1) is 0 Å². The molecule has 2 aromatic carbocycles. The first kappa shape index (κ1) is 22.9. The number of rotatable bonds is 9. The van der Waals surface area contributed by atoms with E-state index in [1.165, 1.54) is 0 Å². The second kappa shape index (κ2) is 10.5. The molecule has 0 spiro atoms. The van der Waals surface area contributed by atoms with Crippen molar-refractivity contribution in [3.63, 3.8) is 0 Å². The Morgan fingerprint density at radius 1 is 1.03 bits per heavy atom. The summed E-state index contributed by atoms with van der Waals surface area (Å²) < 4.78 is 15.9. The Morgan fingerprint density at radius 3 is 2.42 bits per heavy atom. The summed E-state index contributed by atoms with van der Waals surface area (Å²) in [4.78, 5) is 28.6. The van der Waals surface area contributed by atoms with E-state index in [-0.39, 0.29) is 19.1 Å². The zero-order valence-electron chi connectivity index (χ0n) is 18.7. The number of carboxylic acids is 1. The first-order chi connectivity index (χ1) is 16.0. The summed E-state index contributed by atoms with van der Waals surface area (Å²) in [5.74, 6) is 0.220. The standard InChI is InChI=1S/C24H29N3O6/c1-31-20-5-3-19(4-6-20)25-23(28)13-18(24(29)30)15-27-10-8-26(9-11-27)14-17-2-7-21-22(12-17)33-16-32-21/h2-7,12,18H,8-11,13-16H2,1H3,(H,25,28)(H,29,30). The second-order valence-corrected chi connectivity index (χ2v) is 8.28. The molecule has 4 rings (SSSR count). The van der Waals surface area contributed by atoms with Crippen molar-refractivity contribution in [3.8, 4) is 17.2 Å². The lowest BCUT2D eigenvalue weighted by molar-refractivity contribution is -0.144. The third-order valence-corrected chi connectivity index (χ3v) is 5.94. The molecule has 2 aromatic rings. The van der Waals surface area contributed by atoms with Crippen LogP contribution in [0.5, 0.6) is 17.2 Å². The maximum absolute atomic E-state index is 12.4. The molecule has 9 nitrogen and oxygen atoms in total. The zero-order valence-corrected chi connectivity index (χ0v) is 18.7. The normalized spacial score (nSPS) is 16.9. The minimum Gasteiger partial charge on any atom is -0.497 e. The number of ether oxygens (including phenoxy) is 3. The molecule has 1 saturated heterocycles. The van der Waals surface area contributed by atoms with Crippen LogP contribution in [0, 0.1) is 5.92 Å². The summed E-state index contributed by atoms with van der Waals surface area (Å²) >= 11 is 0. The summed E-state index contributed by atoms with van der Waals surface area (Å²) in [6, 6.07) is 12.9. The Morgan fingerprint density at radius 2 is 1.73 bits per heavy atom. The Bertz CT molecular complexity index is 973. The van der Waals surface area contributed by atoms with Gasteiger partial charge in [0.25, 0.3) is 0 Å². The quantitative estimate of drug-likeness (QED) is 0.594. The van der Waals surface area contributed by atoms with Crippen LogP contribution in [-0.4, -0.2) is 73.4 Å². The van der Waals surface area contributed by atoms with Gasteiger partial charge in [-0.3, -0.25) is 19.4 Å². The van der Waals surface area contributed by atoms with Crippen molar-refractivity contribution in [3.05, 3.63) is 48.0 Å². The molecule has 1 atom stereocenters. The number of hydrogen-bond acceptors (Lipinski definition) is 7. The fourth-order valence-corrected chi connectivity index (χ4v) is 4.08. The van der Waals surface area contributed by atoms with Crippen molar-refractivity contribution >= 4 is 17.6 Å². The molecule has 2 heterocycles. The van der Waals surface area contributed by atoms with Crippen LogP contribution in [0.1, 0.15) is 12.0 Å². The number of fused-ring (bicyclic) bond motifs is 1. The number of carbonyl (C=O) groups is 2. The highest BCUT2D eigenvalue weighted by Gasteiger charge is 2.26. The van der Waals surface area contributed by atoms with Crippen LogP contribution in [-0.2, 0) is 16.1 Å². The van der Waals surface area contributed by atoms with Crippen molar-refractivity contribution in [1.29, 1.82) is 0 Å². The number of piperazine rings is 1. The number of hydrogen-bond donors (Lipinski definition) is 2. The third kappa shape index (κ3) is 6.15. The number of aliphatic carboxylic acids is 1. The number of nitrogens with one attached hydrogen (secondary N) is 1. The van der Waals surface area contributed by atoms with Gasteiger partial charge in [0.05, 0.1) is 13.0 Å². The van der Waals surface area contributed by atoms with E-state index in [1.807, 2.05) is 18.2 Å². The van der Waals surface area contributed by atoms with Gasteiger partial charge in [0.1, 0.15) is 5.75 Å². The van der Waals surface area contributed by atoms with Crippen molar-refractivity contribution in [2.75, 3.05) is 51.9 Å². The van der Waals surface area contributed by atoms with Gasteiger partial charge in [0.2, 0.25) is 12.7 Å². The third-order valence-electron chi connectivity index (χ3n) is 5.94. The van der Waals surface area contributed by atoms with Crippen LogP contribution in [0.25, 0.3) is 0 Å². The molecule has 33 heavy (non-hydrogen) atoms. The average molecular weight is 456 g/mol. The average Bonchev–Trinajstić information content (AvgIpc) is 3.28. The number of amides is 1. The molecule has 0 radical (unpaired) electrons.